The van der Waals surface area contributed by atoms with Crippen molar-refractivity contribution >= 4 is 39.1 Å². The number of hydrogen-bond donors (Lipinski definition) is 1. The Bertz CT molecular complexity index is 709. The molecule has 0 aliphatic heterocycles. The molecule has 0 amide bonds. The number of fused-ring (bicyclic) bond motifs is 1. The van der Waals surface area contributed by atoms with Gasteiger partial charge in [0.1, 0.15) is 22.3 Å². The molecule has 0 aliphatic carbocycles. The minimum atomic E-state index is -0.232. The van der Waals surface area contributed by atoms with Gasteiger partial charge in [0.2, 0.25) is 0 Å². The quantitative estimate of drug-likeness (QED) is 0.747. The van der Waals surface area contributed by atoms with E-state index in [-0.39, 0.29) is 5.82 Å². The molecular formula is C13H10FN3S2. The van der Waals surface area contributed by atoms with Gasteiger partial charge in [-0.2, -0.15) is 0 Å². The smallest absolute Gasteiger partial charge is 0.142 e. The number of anilines is 1. The molecule has 2 aromatic heterocycles. The Labute approximate surface area is 117 Å². The first kappa shape index (κ1) is 12.4. The Morgan fingerprint density at radius 1 is 1.16 bits per heavy atom. The molecule has 2 heterocycles. The second-order valence-corrected chi connectivity index (χ2v) is 5.85. The molecule has 96 valence electrons. The molecule has 0 unspecified atom stereocenters. The average Bonchev–Trinajstić information content (AvgIpc) is 2.87. The van der Waals surface area contributed by atoms with E-state index in [4.69, 9.17) is 5.73 Å². The third-order valence-electron chi connectivity index (χ3n) is 2.58. The van der Waals surface area contributed by atoms with E-state index < -0.39 is 0 Å². The number of nitrogens with two attached hydrogens (primary N) is 1. The molecule has 1 aromatic carbocycles. The highest BCUT2D eigenvalue weighted by molar-refractivity contribution is 7.98. The molecule has 0 saturated carbocycles. The Hall–Kier alpha value is -1.66. The standard InChI is InChI=1S/C13H10FN3S2/c14-8-1-3-9(4-2-8)19-7-11-16-12(15)10-5-6-18-13(10)17-11/h1-6H,7H2,(H2,15,16,17). The number of rotatable bonds is 3. The van der Waals surface area contributed by atoms with Crippen molar-refractivity contribution in [2.75, 3.05) is 5.73 Å². The summed E-state index contributed by atoms with van der Waals surface area (Å²) in [5, 5.41) is 2.85. The lowest BCUT2D eigenvalue weighted by Crippen LogP contribution is -1.98. The van der Waals surface area contributed by atoms with Crippen molar-refractivity contribution < 1.29 is 4.39 Å². The van der Waals surface area contributed by atoms with Crippen molar-refractivity contribution in [1.29, 1.82) is 0 Å². The van der Waals surface area contributed by atoms with Gasteiger partial charge in [0.05, 0.1) is 11.1 Å². The maximum absolute atomic E-state index is 12.8. The summed E-state index contributed by atoms with van der Waals surface area (Å²) in [4.78, 5) is 10.6. The maximum atomic E-state index is 12.8. The minimum absolute atomic E-state index is 0.232. The zero-order chi connectivity index (χ0) is 13.2. The van der Waals surface area contributed by atoms with Gasteiger partial charge in [-0.1, -0.05) is 0 Å². The van der Waals surface area contributed by atoms with Crippen LogP contribution < -0.4 is 5.73 Å². The summed E-state index contributed by atoms with van der Waals surface area (Å²) >= 11 is 3.11. The number of aromatic nitrogens is 2. The van der Waals surface area contributed by atoms with Crippen LogP contribution in [0.3, 0.4) is 0 Å². The maximum Gasteiger partial charge on any atom is 0.142 e. The van der Waals surface area contributed by atoms with Crippen molar-refractivity contribution in [1.82, 2.24) is 9.97 Å². The molecule has 3 rings (SSSR count). The van der Waals surface area contributed by atoms with E-state index in [1.165, 1.54) is 12.1 Å². The fourth-order valence-corrected chi connectivity index (χ4v) is 3.21. The third kappa shape index (κ3) is 2.69. The van der Waals surface area contributed by atoms with Gasteiger partial charge in [-0.15, -0.1) is 23.1 Å². The summed E-state index contributed by atoms with van der Waals surface area (Å²) < 4.78 is 12.8. The Balaban J connectivity index is 1.79. The van der Waals surface area contributed by atoms with E-state index >= 15 is 0 Å². The lowest BCUT2D eigenvalue weighted by molar-refractivity contribution is 0.626. The van der Waals surface area contributed by atoms with Crippen LogP contribution in [0.1, 0.15) is 5.82 Å². The summed E-state index contributed by atoms with van der Waals surface area (Å²) in [7, 11) is 0. The van der Waals surface area contributed by atoms with Crippen LogP contribution in [-0.2, 0) is 5.75 Å². The summed E-state index contributed by atoms with van der Waals surface area (Å²) in [6.45, 7) is 0. The highest BCUT2D eigenvalue weighted by atomic mass is 32.2. The summed E-state index contributed by atoms with van der Waals surface area (Å²) in [5.74, 6) is 1.59. The van der Waals surface area contributed by atoms with Crippen LogP contribution in [0.5, 0.6) is 0 Å². The predicted octanol–water partition coefficient (Wildman–Crippen LogP) is 3.70. The molecule has 3 nitrogen and oxygen atoms in total. The van der Waals surface area contributed by atoms with Gasteiger partial charge < -0.3 is 5.73 Å². The van der Waals surface area contributed by atoms with Crippen LogP contribution in [0.2, 0.25) is 0 Å². The number of nitrogen functional groups attached to an aromatic ring is 1. The molecule has 19 heavy (non-hydrogen) atoms. The lowest BCUT2D eigenvalue weighted by atomic mass is 10.4. The molecule has 0 bridgehead atoms. The van der Waals surface area contributed by atoms with Crippen LogP contribution in [-0.4, -0.2) is 9.97 Å². The van der Waals surface area contributed by atoms with E-state index in [0.29, 0.717) is 17.4 Å². The largest absolute Gasteiger partial charge is 0.383 e. The van der Waals surface area contributed by atoms with Gasteiger partial charge in [-0.3, -0.25) is 0 Å². The first-order chi connectivity index (χ1) is 9.22. The van der Waals surface area contributed by atoms with Crippen molar-refractivity contribution in [3.05, 3.63) is 47.4 Å². The fourth-order valence-electron chi connectivity index (χ4n) is 1.67. The van der Waals surface area contributed by atoms with Gasteiger partial charge in [-0.05, 0) is 35.7 Å². The summed E-state index contributed by atoms with van der Waals surface area (Å²) in [5.41, 5.74) is 5.89. The van der Waals surface area contributed by atoms with Crippen molar-refractivity contribution in [2.24, 2.45) is 0 Å². The van der Waals surface area contributed by atoms with Gasteiger partial charge >= 0.3 is 0 Å². The number of hydrogen-bond acceptors (Lipinski definition) is 5. The highest BCUT2D eigenvalue weighted by Crippen LogP contribution is 2.26. The molecule has 0 fully saturated rings. The van der Waals surface area contributed by atoms with Crippen LogP contribution in [0.15, 0.2) is 40.6 Å². The van der Waals surface area contributed by atoms with Crippen LogP contribution >= 0.6 is 23.1 Å². The first-order valence-electron chi connectivity index (χ1n) is 5.60. The second kappa shape index (κ2) is 5.14. The fraction of sp³-hybridized carbons (Fsp3) is 0.0769. The third-order valence-corrected chi connectivity index (χ3v) is 4.40. The molecule has 0 spiro atoms. The minimum Gasteiger partial charge on any atom is -0.383 e. The molecule has 3 aromatic rings. The van der Waals surface area contributed by atoms with Crippen LogP contribution in [0, 0.1) is 5.82 Å². The van der Waals surface area contributed by atoms with E-state index in [1.54, 1.807) is 35.2 Å². The van der Waals surface area contributed by atoms with Crippen molar-refractivity contribution in [3.63, 3.8) is 0 Å². The molecule has 6 heteroatoms. The molecule has 0 saturated heterocycles. The van der Waals surface area contributed by atoms with Gasteiger partial charge in [0.25, 0.3) is 0 Å². The van der Waals surface area contributed by atoms with E-state index in [9.17, 15) is 4.39 Å². The monoisotopic (exact) mass is 291 g/mol. The summed E-state index contributed by atoms with van der Waals surface area (Å²) in [6, 6.07) is 8.30. The predicted molar refractivity (Wildman–Crippen MR) is 77.8 cm³/mol. The normalized spacial score (nSPS) is 11.0. The Morgan fingerprint density at radius 2 is 1.95 bits per heavy atom. The molecule has 0 aliphatic rings. The number of thioether (sulfide) groups is 1. The number of thiophene rings is 1. The van der Waals surface area contributed by atoms with Crippen LogP contribution in [0.4, 0.5) is 10.2 Å². The topological polar surface area (TPSA) is 51.8 Å². The van der Waals surface area contributed by atoms with E-state index in [1.807, 2.05) is 11.4 Å². The van der Waals surface area contributed by atoms with E-state index in [0.717, 1.165) is 15.1 Å². The number of nitrogens with zero attached hydrogens (tertiary/aromatic N) is 2. The molecular weight excluding hydrogens is 281 g/mol. The zero-order valence-corrected chi connectivity index (χ0v) is 11.5. The van der Waals surface area contributed by atoms with Crippen molar-refractivity contribution in [3.8, 4) is 0 Å². The molecule has 0 atom stereocenters. The SMILES string of the molecule is Nc1nc(CSc2ccc(F)cc2)nc2sccc12. The Morgan fingerprint density at radius 3 is 2.74 bits per heavy atom. The Kier molecular flexibility index (Phi) is 3.35. The van der Waals surface area contributed by atoms with E-state index in [2.05, 4.69) is 9.97 Å². The second-order valence-electron chi connectivity index (χ2n) is 3.91. The van der Waals surface area contributed by atoms with Gasteiger partial charge in [0, 0.05) is 4.90 Å². The molecule has 0 radical (unpaired) electrons. The zero-order valence-electron chi connectivity index (χ0n) is 9.84. The van der Waals surface area contributed by atoms with Crippen molar-refractivity contribution in [2.45, 2.75) is 10.6 Å². The lowest BCUT2D eigenvalue weighted by Gasteiger charge is -2.03. The van der Waals surface area contributed by atoms with Gasteiger partial charge in [0.15, 0.2) is 0 Å². The van der Waals surface area contributed by atoms with Gasteiger partial charge in [-0.25, -0.2) is 14.4 Å². The molecule has 2 N–H and O–H groups in total. The summed E-state index contributed by atoms with van der Waals surface area (Å²) in [6.07, 6.45) is 0. The number of halogens is 1. The van der Waals surface area contributed by atoms with Crippen LogP contribution in [0.25, 0.3) is 10.2 Å². The highest BCUT2D eigenvalue weighted by Gasteiger charge is 2.06. The number of benzene rings is 1. The first-order valence-corrected chi connectivity index (χ1v) is 7.47. The average molecular weight is 291 g/mol.